The first-order valence-electron chi connectivity index (χ1n) is 11.5. The third-order valence-corrected chi connectivity index (χ3v) is 6.28. The van der Waals surface area contributed by atoms with Crippen molar-refractivity contribution in [2.24, 2.45) is 5.16 Å². The molecule has 3 aromatic carbocycles. The second-order valence-corrected chi connectivity index (χ2v) is 8.84. The topological polar surface area (TPSA) is 118 Å². The monoisotopic (exact) mass is 495 g/mol. The van der Waals surface area contributed by atoms with Crippen molar-refractivity contribution >= 4 is 33.5 Å². The van der Waals surface area contributed by atoms with Gasteiger partial charge in [0.2, 0.25) is 0 Å². The Morgan fingerprint density at radius 3 is 2.51 bits per heavy atom. The Morgan fingerprint density at radius 2 is 1.70 bits per heavy atom. The van der Waals surface area contributed by atoms with E-state index in [1.165, 1.54) is 24.3 Å². The minimum Gasteiger partial charge on any atom is -0.508 e. The summed E-state index contributed by atoms with van der Waals surface area (Å²) in [5.41, 5.74) is 6.41. The Hall–Kier alpha value is -5.05. The molecule has 3 heterocycles. The molecule has 9 heteroatoms. The lowest BCUT2D eigenvalue weighted by Crippen LogP contribution is -2.38. The van der Waals surface area contributed by atoms with Gasteiger partial charge in [0.1, 0.15) is 22.5 Å². The van der Waals surface area contributed by atoms with Crippen molar-refractivity contribution in [3.05, 3.63) is 116 Å². The number of hydrogen-bond acceptors (Lipinski definition) is 9. The summed E-state index contributed by atoms with van der Waals surface area (Å²) in [5, 5.41) is 17.2. The molecule has 184 valence electrons. The normalized spacial score (nSPS) is 15.1. The van der Waals surface area contributed by atoms with Crippen molar-refractivity contribution in [2.75, 3.05) is 5.43 Å². The number of nitrogens with zero attached hydrogens (tertiary/aromatic N) is 2. The van der Waals surface area contributed by atoms with Crippen LogP contribution in [0.3, 0.4) is 0 Å². The van der Waals surface area contributed by atoms with Crippen LogP contribution in [-0.4, -0.2) is 16.0 Å². The molecule has 0 fully saturated rings. The second kappa shape index (κ2) is 8.56. The zero-order chi connectivity index (χ0) is 25.7. The molecule has 6 rings (SSSR count). The van der Waals surface area contributed by atoms with Crippen LogP contribution in [0.15, 0.2) is 96.4 Å². The van der Waals surface area contributed by atoms with Gasteiger partial charge in [0, 0.05) is 22.4 Å². The fraction of sp³-hybridized carbons (Fsp3) is 0.107. The summed E-state index contributed by atoms with van der Waals surface area (Å²) in [6.45, 7) is 3.72. The smallest absolute Gasteiger partial charge is 0.345 e. The van der Waals surface area contributed by atoms with Crippen LogP contribution in [0.5, 0.6) is 5.75 Å². The lowest BCUT2D eigenvalue weighted by atomic mass is 10.1. The largest absolute Gasteiger partial charge is 0.508 e. The van der Waals surface area contributed by atoms with E-state index >= 15 is 0 Å². The number of rotatable bonds is 4. The molecule has 1 aliphatic rings. The number of aromatic hydroxyl groups is 1. The zero-order valence-corrected chi connectivity index (χ0v) is 19.9. The Balaban J connectivity index is 1.48. The SMILES string of the molecule is Cc1cc2oc(=O)cc(C)c2cc1NN1C(c2ccccc2)=NOC1c1cc2cc(O)ccc2oc1=O. The van der Waals surface area contributed by atoms with E-state index in [1.54, 1.807) is 17.1 Å². The van der Waals surface area contributed by atoms with Gasteiger partial charge in [0.15, 0.2) is 5.84 Å². The summed E-state index contributed by atoms with van der Waals surface area (Å²) < 4.78 is 10.9. The van der Waals surface area contributed by atoms with Gasteiger partial charge in [0.05, 0.1) is 5.69 Å². The molecule has 5 aromatic rings. The number of oxime groups is 1. The third-order valence-electron chi connectivity index (χ3n) is 6.28. The zero-order valence-electron chi connectivity index (χ0n) is 19.9. The van der Waals surface area contributed by atoms with E-state index in [4.69, 9.17) is 13.7 Å². The minimum atomic E-state index is -0.969. The molecular weight excluding hydrogens is 474 g/mol. The number of anilines is 1. The lowest BCUT2D eigenvalue weighted by molar-refractivity contribution is 0.0164. The average molecular weight is 495 g/mol. The highest BCUT2D eigenvalue weighted by Gasteiger charge is 2.36. The number of aryl methyl sites for hydroxylation is 2. The van der Waals surface area contributed by atoms with Gasteiger partial charge in [0.25, 0.3) is 6.23 Å². The van der Waals surface area contributed by atoms with Crippen molar-refractivity contribution in [1.82, 2.24) is 5.01 Å². The summed E-state index contributed by atoms with van der Waals surface area (Å²) in [5.74, 6) is 0.501. The molecule has 0 radical (unpaired) electrons. The molecular formula is C28H21N3O6. The first kappa shape index (κ1) is 22.4. The number of phenolic OH excluding ortho intramolecular Hbond substituents is 1. The number of hydrogen-bond donors (Lipinski definition) is 2. The van der Waals surface area contributed by atoms with Gasteiger partial charge in [-0.1, -0.05) is 35.5 Å². The number of amidine groups is 1. The van der Waals surface area contributed by atoms with Crippen LogP contribution in [-0.2, 0) is 4.84 Å². The van der Waals surface area contributed by atoms with E-state index in [0.717, 1.165) is 22.1 Å². The molecule has 2 N–H and O–H groups in total. The maximum absolute atomic E-state index is 13.0. The number of phenols is 1. The Labute approximate surface area is 209 Å². The van der Waals surface area contributed by atoms with E-state index in [2.05, 4.69) is 10.6 Å². The lowest BCUT2D eigenvalue weighted by Gasteiger charge is -2.27. The third kappa shape index (κ3) is 3.96. The fourth-order valence-electron chi connectivity index (χ4n) is 4.40. The van der Waals surface area contributed by atoms with Crippen molar-refractivity contribution in [2.45, 2.75) is 20.1 Å². The van der Waals surface area contributed by atoms with E-state index in [1.807, 2.05) is 50.2 Å². The van der Waals surface area contributed by atoms with Crippen LogP contribution >= 0.6 is 0 Å². The van der Waals surface area contributed by atoms with Crippen LogP contribution in [0.4, 0.5) is 5.69 Å². The van der Waals surface area contributed by atoms with E-state index in [9.17, 15) is 14.7 Å². The van der Waals surface area contributed by atoms with Gasteiger partial charge < -0.3 is 18.8 Å². The van der Waals surface area contributed by atoms with Gasteiger partial charge in [-0.05, 0) is 61.4 Å². The van der Waals surface area contributed by atoms with Gasteiger partial charge in [-0.15, -0.1) is 0 Å². The highest BCUT2D eigenvalue weighted by molar-refractivity contribution is 6.00. The second-order valence-electron chi connectivity index (χ2n) is 8.84. The molecule has 9 nitrogen and oxygen atoms in total. The number of fused-ring (bicyclic) bond motifs is 2. The maximum Gasteiger partial charge on any atom is 0.345 e. The van der Waals surface area contributed by atoms with Crippen molar-refractivity contribution in [1.29, 1.82) is 0 Å². The predicted octanol–water partition coefficient (Wildman–Crippen LogP) is 4.94. The van der Waals surface area contributed by atoms with Gasteiger partial charge in [-0.2, -0.15) is 0 Å². The summed E-state index contributed by atoms with van der Waals surface area (Å²) in [6, 6.07) is 20.6. The molecule has 37 heavy (non-hydrogen) atoms. The van der Waals surface area contributed by atoms with Gasteiger partial charge in [-0.25, -0.2) is 14.6 Å². The molecule has 0 saturated carbocycles. The van der Waals surface area contributed by atoms with Crippen LogP contribution < -0.4 is 16.7 Å². The fourth-order valence-corrected chi connectivity index (χ4v) is 4.40. The summed E-state index contributed by atoms with van der Waals surface area (Å²) in [4.78, 5) is 30.6. The highest BCUT2D eigenvalue weighted by atomic mass is 16.7. The van der Waals surface area contributed by atoms with Crippen LogP contribution in [0.1, 0.15) is 28.5 Å². The minimum absolute atomic E-state index is 0.0460. The van der Waals surface area contributed by atoms with Crippen LogP contribution in [0.25, 0.3) is 21.9 Å². The molecule has 1 atom stereocenters. The molecule has 0 saturated heterocycles. The van der Waals surface area contributed by atoms with Crippen molar-refractivity contribution in [3.63, 3.8) is 0 Å². The van der Waals surface area contributed by atoms with E-state index in [-0.39, 0.29) is 11.3 Å². The maximum atomic E-state index is 13.0. The molecule has 2 aromatic heterocycles. The summed E-state index contributed by atoms with van der Waals surface area (Å²) in [7, 11) is 0. The van der Waals surface area contributed by atoms with E-state index < -0.39 is 17.5 Å². The first-order chi connectivity index (χ1) is 17.9. The Bertz CT molecular complexity index is 1820. The highest BCUT2D eigenvalue weighted by Crippen LogP contribution is 2.33. The van der Waals surface area contributed by atoms with E-state index in [0.29, 0.717) is 28.1 Å². The van der Waals surface area contributed by atoms with Crippen molar-refractivity contribution in [3.8, 4) is 5.75 Å². The molecule has 1 unspecified atom stereocenters. The number of nitrogens with one attached hydrogen (secondary N) is 1. The summed E-state index contributed by atoms with van der Waals surface area (Å²) in [6.07, 6.45) is -0.969. The standard InChI is InChI=1S/C28H21N3O6/c1-15-11-25(33)35-24-10-16(2)22(14-20(15)24)29-31-26(17-6-4-3-5-7-17)30-37-27(31)21-13-18-12-19(32)8-9-23(18)36-28(21)34/h3-14,27,29,32H,1-2H3. The number of hydrazine groups is 1. The quantitative estimate of drug-likeness (QED) is 0.337. The van der Waals surface area contributed by atoms with Crippen LogP contribution in [0, 0.1) is 13.8 Å². The average Bonchev–Trinajstić information content (AvgIpc) is 3.28. The van der Waals surface area contributed by atoms with Crippen LogP contribution in [0.2, 0.25) is 0 Å². The van der Waals surface area contributed by atoms with Gasteiger partial charge >= 0.3 is 11.3 Å². The van der Waals surface area contributed by atoms with Gasteiger partial charge in [-0.3, -0.25) is 5.43 Å². The Kier molecular flexibility index (Phi) is 5.19. The Morgan fingerprint density at radius 1 is 0.892 bits per heavy atom. The molecule has 0 aliphatic carbocycles. The predicted molar refractivity (Wildman–Crippen MR) is 138 cm³/mol. The molecule has 0 bridgehead atoms. The summed E-state index contributed by atoms with van der Waals surface area (Å²) >= 11 is 0. The molecule has 1 aliphatic heterocycles. The first-order valence-corrected chi connectivity index (χ1v) is 11.5. The molecule has 0 amide bonds. The molecule has 0 spiro atoms. The van der Waals surface area contributed by atoms with Crippen molar-refractivity contribution < 1.29 is 18.8 Å². The number of benzene rings is 3.